The molecule has 142 valence electrons. The summed E-state index contributed by atoms with van der Waals surface area (Å²) in [6, 6.07) is 14.3. The molecule has 0 aliphatic rings. The van der Waals surface area contributed by atoms with Crippen molar-refractivity contribution in [2.45, 2.75) is 13.3 Å². The molecule has 3 rings (SSSR count). The average Bonchev–Trinajstić information content (AvgIpc) is 2.71. The van der Waals surface area contributed by atoms with Crippen LogP contribution in [0.15, 0.2) is 63.8 Å². The number of rotatable bonds is 6. The minimum atomic E-state index is -0.931. The van der Waals surface area contributed by atoms with Crippen LogP contribution in [0.3, 0.4) is 0 Å². The van der Waals surface area contributed by atoms with E-state index in [2.05, 4.69) is 5.32 Å². The zero-order valence-corrected chi connectivity index (χ0v) is 15.1. The molecule has 0 spiro atoms. The lowest BCUT2D eigenvalue weighted by atomic mass is 10.1. The molecule has 0 atom stereocenters. The number of benzene rings is 2. The number of carbonyl (C=O) groups is 3. The van der Waals surface area contributed by atoms with Crippen molar-refractivity contribution in [3.63, 3.8) is 0 Å². The molecule has 0 saturated heterocycles. The fourth-order valence-electron chi connectivity index (χ4n) is 2.49. The molecule has 7 nitrogen and oxygen atoms in total. The Morgan fingerprint density at radius 3 is 2.46 bits per heavy atom. The lowest BCUT2D eigenvalue weighted by Crippen LogP contribution is -2.20. The molecule has 0 radical (unpaired) electrons. The van der Waals surface area contributed by atoms with E-state index in [4.69, 9.17) is 9.15 Å². The molecule has 0 fully saturated rings. The van der Waals surface area contributed by atoms with E-state index in [1.165, 1.54) is 18.2 Å². The van der Waals surface area contributed by atoms with E-state index < -0.39 is 24.0 Å². The summed E-state index contributed by atoms with van der Waals surface area (Å²) in [6.45, 7) is 1.21. The molecule has 1 heterocycles. The van der Waals surface area contributed by atoms with Crippen molar-refractivity contribution in [1.82, 2.24) is 0 Å². The number of hydrogen-bond donors (Lipinski definition) is 1. The molecular formula is C21H17NO6. The Hall–Kier alpha value is -3.74. The highest BCUT2D eigenvalue weighted by Crippen LogP contribution is 2.14. The molecule has 0 saturated carbocycles. The molecule has 1 aromatic heterocycles. The third-order valence-electron chi connectivity index (χ3n) is 4.01. The van der Waals surface area contributed by atoms with Crippen molar-refractivity contribution in [2.24, 2.45) is 0 Å². The monoisotopic (exact) mass is 379 g/mol. The molecule has 0 unspecified atom stereocenters. The standard InChI is InChI=1S/C21H17NO6/c1-2-19(24)22-15-9-7-13(8-10-15)17(23)12-27-20(25)16-11-14-5-3-4-6-18(14)28-21(16)26/h3-11H,2,12H2,1H3,(H,22,24). The van der Waals surface area contributed by atoms with Crippen molar-refractivity contribution in [1.29, 1.82) is 0 Å². The van der Waals surface area contributed by atoms with Crippen molar-refractivity contribution in [3.8, 4) is 0 Å². The van der Waals surface area contributed by atoms with Gasteiger partial charge >= 0.3 is 11.6 Å². The molecule has 7 heteroatoms. The lowest BCUT2D eigenvalue weighted by molar-refractivity contribution is -0.115. The molecule has 3 aromatic rings. The molecule has 0 aliphatic heterocycles. The van der Waals surface area contributed by atoms with Crippen LogP contribution in [-0.2, 0) is 9.53 Å². The molecule has 1 N–H and O–H groups in total. The Morgan fingerprint density at radius 1 is 1.04 bits per heavy atom. The minimum Gasteiger partial charge on any atom is -0.453 e. The number of anilines is 1. The van der Waals surface area contributed by atoms with E-state index in [0.29, 0.717) is 28.6 Å². The van der Waals surface area contributed by atoms with E-state index in [1.54, 1.807) is 43.3 Å². The van der Waals surface area contributed by atoms with Gasteiger partial charge in [-0.25, -0.2) is 9.59 Å². The Balaban J connectivity index is 1.66. The molecular weight excluding hydrogens is 362 g/mol. The molecule has 2 aromatic carbocycles. The predicted octanol–water partition coefficient (Wildman–Crippen LogP) is 3.18. The number of esters is 1. The topological polar surface area (TPSA) is 103 Å². The second-order valence-corrected chi connectivity index (χ2v) is 5.96. The van der Waals surface area contributed by atoms with Gasteiger partial charge in [0.1, 0.15) is 11.1 Å². The predicted molar refractivity (Wildman–Crippen MR) is 102 cm³/mol. The summed E-state index contributed by atoms with van der Waals surface area (Å²) in [6.07, 6.45) is 0.347. The summed E-state index contributed by atoms with van der Waals surface area (Å²) in [5.41, 5.74) is 0.133. The lowest BCUT2D eigenvalue weighted by Gasteiger charge is -2.06. The maximum atomic E-state index is 12.2. The first-order chi connectivity index (χ1) is 13.5. The van der Waals surface area contributed by atoms with Crippen LogP contribution < -0.4 is 10.9 Å². The summed E-state index contributed by atoms with van der Waals surface area (Å²) in [4.78, 5) is 47.7. The van der Waals surface area contributed by atoms with Crippen molar-refractivity contribution < 1.29 is 23.5 Å². The number of carbonyl (C=O) groups excluding carboxylic acids is 3. The van der Waals surface area contributed by atoms with Gasteiger partial charge in [0, 0.05) is 23.1 Å². The highest BCUT2D eigenvalue weighted by atomic mass is 16.5. The number of Topliss-reactive ketones (excluding diaryl/α,β-unsaturated/α-hetero) is 1. The van der Waals surface area contributed by atoms with Gasteiger partial charge in [-0.3, -0.25) is 9.59 Å². The first-order valence-corrected chi connectivity index (χ1v) is 8.61. The van der Waals surface area contributed by atoms with Gasteiger partial charge in [-0.05, 0) is 36.4 Å². The number of ketones is 1. The van der Waals surface area contributed by atoms with Crippen LogP contribution in [0.5, 0.6) is 0 Å². The van der Waals surface area contributed by atoms with Gasteiger partial charge in [0.25, 0.3) is 0 Å². The summed E-state index contributed by atoms with van der Waals surface area (Å²) >= 11 is 0. The van der Waals surface area contributed by atoms with E-state index in [0.717, 1.165) is 0 Å². The van der Waals surface area contributed by atoms with Gasteiger partial charge in [0.15, 0.2) is 12.4 Å². The maximum absolute atomic E-state index is 12.2. The summed E-state index contributed by atoms with van der Waals surface area (Å²) in [5, 5.41) is 3.24. The highest BCUT2D eigenvalue weighted by molar-refractivity contribution is 6.00. The zero-order chi connectivity index (χ0) is 20.1. The minimum absolute atomic E-state index is 0.137. The molecule has 0 aliphatic carbocycles. The second-order valence-electron chi connectivity index (χ2n) is 5.96. The molecule has 0 bridgehead atoms. The smallest absolute Gasteiger partial charge is 0.351 e. The molecule has 28 heavy (non-hydrogen) atoms. The Bertz CT molecular complexity index is 1100. The zero-order valence-electron chi connectivity index (χ0n) is 15.1. The van der Waals surface area contributed by atoms with Gasteiger partial charge in [-0.1, -0.05) is 25.1 Å². The van der Waals surface area contributed by atoms with Gasteiger partial charge < -0.3 is 14.5 Å². The number of ether oxygens (including phenoxy) is 1. The number of para-hydroxylation sites is 1. The normalized spacial score (nSPS) is 10.5. The summed E-state index contributed by atoms with van der Waals surface area (Å²) in [7, 11) is 0. The number of amides is 1. The first-order valence-electron chi connectivity index (χ1n) is 8.61. The van der Waals surface area contributed by atoms with Crippen LogP contribution in [0.4, 0.5) is 5.69 Å². The van der Waals surface area contributed by atoms with Gasteiger partial charge in [-0.15, -0.1) is 0 Å². The van der Waals surface area contributed by atoms with E-state index >= 15 is 0 Å². The molecule has 1 amide bonds. The summed E-state index contributed by atoms with van der Waals surface area (Å²) in [5.74, 6) is -1.51. The van der Waals surface area contributed by atoms with Crippen LogP contribution in [0.2, 0.25) is 0 Å². The van der Waals surface area contributed by atoms with E-state index in [-0.39, 0.29) is 11.5 Å². The largest absolute Gasteiger partial charge is 0.453 e. The van der Waals surface area contributed by atoms with Crippen molar-refractivity contribution in [3.05, 3.63) is 76.1 Å². The number of fused-ring (bicyclic) bond motifs is 1. The van der Waals surface area contributed by atoms with Gasteiger partial charge in [0.05, 0.1) is 0 Å². The van der Waals surface area contributed by atoms with Crippen LogP contribution in [-0.4, -0.2) is 24.3 Å². The van der Waals surface area contributed by atoms with Gasteiger partial charge in [0.2, 0.25) is 5.91 Å². The maximum Gasteiger partial charge on any atom is 0.351 e. The average molecular weight is 379 g/mol. The van der Waals surface area contributed by atoms with Crippen molar-refractivity contribution >= 4 is 34.3 Å². The van der Waals surface area contributed by atoms with Crippen LogP contribution in [0, 0.1) is 0 Å². The van der Waals surface area contributed by atoms with E-state index in [9.17, 15) is 19.2 Å². The van der Waals surface area contributed by atoms with E-state index in [1.807, 2.05) is 0 Å². The Kier molecular flexibility index (Phi) is 5.64. The Morgan fingerprint density at radius 2 is 1.75 bits per heavy atom. The Labute approximate surface area is 159 Å². The van der Waals surface area contributed by atoms with Crippen LogP contribution in [0.25, 0.3) is 11.0 Å². The fourth-order valence-corrected chi connectivity index (χ4v) is 2.49. The number of nitrogens with one attached hydrogen (secondary N) is 1. The van der Waals surface area contributed by atoms with Crippen LogP contribution in [0.1, 0.15) is 34.1 Å². The number of hydrogen-bond acceptors (Lipinski definition) is 6. The third kappa shape index (κ3) is 4.32. The SMILES string of the molecule is CCC(=O)Nc1ccc(C(=O)COC(=O)c2cc3ccccc3oc2=O)cc1. The van der Waals surface area contributed by atoms with Gasteiger partial charge in [-0.2, -0.15) is 0 Å². The third-order valence-corrected chi connectivity index (χ3v) is 4.01. The highest BCUT2D eigenvalue weighted by Gasteiger charge is 2.17. The van der Waals surface area contributed by atoms with Crippen LogP contribution >= 0.6 is 0 Å². The summed E-state index contributed by atoms with van der Waals surface area (Å²) < 4.78 is 10.1. The quantitative estimate of drug-likeness (QED) is 0.401. The second kappa shape index (κ2) is 8.30. The fraction of sp³-hybridized carbons (Fsp3) is 0.143. The van der Waals surface area contributed by atoms with Crippen molar-refractivity contribution in [2.75, 3.05) is 11.9 Å². The first kappa shape index (κ1) is 19.0.